The Morgan fingerprint density at radius 2 is 1.64 bits per heavy atom. The monoisotopic (exact) mass is 518 g/mol. The predicted octanol–water partition coefficient (Wildman–Crippen LogP) is 5.63. The zero-order chi connectivity index (χ0) is 26.7. The molecule has 3 aromatic carbocycles. The van der Waals surface area contributed by atoms with Crippen LogP contribution in [0.5, 0.6) is 0 Å². The molecule has 2 fully saturated rings. The van der Waals surface area contributed by atoms with Crippen LogP contribution in [-0.2, 0) is 11.2 Å². The third kappa shape index (κ3) is 3.75. The molecular formula is C32H30N4O3. The Hall–Kier alpha value is -4.39. The lowest BCUT2D eigenvalue weighted by molar-refractivity contribution is -0.120. The molecule has 196 valence electrons. The van der Waals surface area contributed by atoms with Crippen molar-refractivity contribution >= 4 is 34.4 Å². The van der Waals surface area contributed by atoms with E-state index in [0.717, 1.165) is 59.0 Å². The number of anilines is 1. The Bertz CT molecular complexity index is 1620. The van der Waals surface area contributed by atoms with Gasteiger partial charge in [-0.2, -0.15) is 0 Å². The van der Waals surface area contributed by atoms with Crippen molar-refractivity contribution < 1.29 is 14.4 Å². The zero-order valence-electron chi connectivity index (χ0n) is 21.8. The molecule has 2 aliphatic heterocycles. The molecule has 1 saturated heterocycles. The highest BCUT2D eigenvalue weighted by molar-refractivity contribution is 6.24. The van der Waals surface area contributed by atoms with Gasteiger partial charge in [0.1, 0.15) is 12.1 Å². The highest BCUT2D eigenvalue weighted by Crippen LogP contribution is 2.45. The summed E-state index contributed by atoms with van der Waals surface area (Å²) in [5.74, 6) is -0.538. The van der Waals surface area contributed by atoms with Gasteiger partial charge in [0.15, 0.2) is 0 Å². The van der Waals surface area contributed by atoms with Crippen LogP contribution in [0.15, 0.2) is 72.8 Å². The number of H-pyrrole nitrogens is 1. The van der Waals surface area contributed by atoms with E-state index in [9.17, 15) is 14.4 Å². The zero-order valence-corrected chi connectivity index (χ0v) is 21.8. The first-order chi connectivity index (χ1) is 19.0. The van der Waals surface area contributed by atoms with Gasteiger partial charge in [-0.1, -0.05) is 73.0 Å². The minimum absolute atomic E-state index is 0.131. The summed E-state index contributed by atoms with van der Waals surface area (Å²) in [5, 5.41) is 4.18. The van der Waals surface area contributed by atoms with Crippen molar-refractivity contribution in [2.75, 3.05) is 4.90 Å². The van der Waals surface area contributed by atoms with E-state index in [4.69, 9.17) is 0 Å². The number of urea groups is 1. The SMILES string of the molecule is Cc1ccc([C@H]2c3[nH]c4ccccc4c3C[C@H]3C(=O)N(c4ccccc4C(=O)NC4CCCC4)C(=O)N23)cc1. The molecule has 7 nitrogen and oxygen atoms in total. The number of aromatic amines is 1. The molecule has 7 heteroatoms. The van der Waals surface area contributed by atoms with Crippen LogP contribution in [0.3, 0.4) is 0 Å². The number of nitrogens with one attached hydrogen (secondary N) is 2. The fourth-order valence-electron chi connectivity index (χ4n) is 6.59. The maximum atomic E-state index is 14.2. The van der Waals surface area contributed by atoms with Crippen LogP contribution in [0.1, 0.15) is 64.5 Å². The van der Waals surface area contributed by atoms with E-state index in [2.05, 4.69) is 16.4 Å². The van der Waals surface area contributed by atoms with Crippen LogP contribution in [-0.4, -0.2) is 39.8 Å². The van der Waals surface area contributed by atoms with Crippen LogP contribution >= 0.6 is 0 Å². The van der Waals surface area contributed by atoms with Crippen molar-refractivity contribution in [2.45, 2.75) is 57.2 Å². The Labute approximate surface area is 226 Å². The van der Waals surface area contributed by atoms with Gasteiger partial charge in [-0.05, 0) is 49.1 Å². The number of benzene rings is 3. The number of nitrogens with zero attached hydrogens (tertiary/aromatic N) is 2. The van der Waals surface area contributed by atoms with Crippen molar-refractivity contribution in [1.29, 1.82) is 0 Å². The molecule has 3 heterocycles. The number of carbonyl (C=O) groups is 3. The average molecular weight is 519 g/mol. The predicted molar refractivity (Wildman–Crippen MR) is 150 cm³/mol. The number of imide groups is 1. The molecule has 0 radical (unpaired) electrons. The van der Waals surface area contributed by atoms with Gasteiger partial charge in [0.25, 0.3) is 11.8 Å². The van der Waals surface area contributed by atoms with Crippen molar-refractivity contribution in [1.82, 2.24) is 15.2 Å². The van der Waals surface area contributed by atoms with Crippen molar-refractivity contribution in [2.24, 2.45) is 0 Å². The second-order valence-electron chi connectivity index (χ2n) is 10.9. The standard InChI is InChI=1S/C32H30N4O3/c1-19-14-16-20(17-15-19)29-28-24(22-10-4-6-12-25(22)34-28)18-27-31(38)36(32(39)35(27)29)26-13-7-5-11-23(26)30(37)33-21-8-2-3-9-21/h4-7,10-17,21,27,29,34H,2-3,8-9,18H2,1H3,(H,33,37)/t27-,29-/m0/s1. The van der Waals surface area contributed by atoms with E-state index in [1.54, 1.807) is 29.2 Å². The molecule has 2 atom stereocenters. The van der Waals surface area contributed by atoms with Crippen LogP contribution < -0.4 is 10.2 Å². The summed E-state index contributed by atoms with van der Waals surface area (Å²) < 4.78 is 0. The maximum absolute atomic E-state index is 14.2. The molecule has 0 bridgehead atoms. The first-order valence-corrected chi connectivity index (χ1v) is 13.7. The molecule has 0 spiro atoms. The summed E-state index contributed by atoms with van der Waals surface area (Å²) >= 11 is 0. The summed E-state index contributed by atoms with van der Waals surface area (Å²) in [4.78, 5) is 48.1. The second kappa shape index (κ2) is 9.12. The molecule has 1 aromatic heterocycles. The molecule has 7 rings (SSSR count). The minimum atomic E-state index is -0.665. The maximum Gasteiger partial charge on any atom is 0.332 e. The van der Waals surface area contributed by atoms with Crippen LogP contribution in [0.2, 0.25) is 0 Å². The number of aryl methyl sites for hydroxylation is 1. The molecular weight excluding hydrogens is 488 g/mol. The van der Waals surface area contributed by atoms with Gasteiger partial charge in [-0.3, -0.25) is 14.5 Å². The van der Waals surface area contributed by atoms with Crippen LogP contribution in [0.25, 0.3) is 10.9 Å². The summed E-state index contributed by atoms with van der Waals surface area (Å²) in [6.45, 7) is 2.03. The Morgan fingerprint density at radius 1 is 0.923 bits per heavy atom. The smallest absolute Gasteiger partial charge is 0.332 e. The molecule has 3 aliphatic rings. The van der Waals surface area contributed by atoms with Crippen molar-refractivity contribution in [3.05, 3.63) is 101 Å². The number of hydrogen-bond acceptors (Lipinski definition) is 3. The van der Waals surface area contributed by atoms with E-state index in [1.165, 1.54) is 4.90 Å². The lowest BCUT2D eigenvalue weighted by Crippen LogP contribution is -2.44. The molecule has 2 N–H and O–H groups in total. The molecule has 4 aromatic rings. The van der Waals surface area contributed by atoms with Gasteiger partial charge in [0.05, 0.1) is 11.3 Å². The number of rotatable bonds is 4. The normalized spacial score (nSPS) is 20.9. The summed E-state index contributed by atoms with van der Waals surface area (Å²) in [7, 11) is 0. The summed E-state index contributed by atoms with van der Waals surface area (Å²) in [6.07, 6.45) is 4.52. The van der Waals surface area contributed by atoms with E-state index in [-0.39, 0.29) is 17.9 Å². The van der Waals surface area contributed by atoms with Gasteiger partial charge in [0.2, 0.25) is 0 Å². The number of aromatic nitrogens is 1. The number of carbonyl (C=O) groups excluding carboxylic acids is 3. The molecule has 39 heavy (non-hydrogen) atoms. The lowest BCUT2D eigenvalue weighted by Gasteiger charge is -2.36. The van der Waals surface area contributed by atoms with Crippen LogP contribution in [0, 0.1) is 6.92 Å². The van der Waals surface area contributed by atoms with Crippen molar-refractivity contribution in [3.63, 3.8) is 0 Å². The first-order valence-electron chi connectivity index (χ1n) is 13.7. The van der Waals surface area contributed by atoms with E-state index < -0.39 is 18.1 Å². The first kappa shape index (κ1) is 23.7. The number of hydrogen-bond donors (Lipinski definition) is 2. The van der Waals surface area contributed by atoms with E-state index >= 15 is 0 Å². The van der Waals surface area contributed by atoms with Gasteiger partial charge < -0.3 is 10.3 Å². The largest absolute Gasteiger partial charge is 0.356 e. The van der Waals surface area contributed by atoms with E-state index in [1.807, 2.05) is 49.4 Å². The molecule has 1 saturated carbocycles. The molecule has 4 amide bonds. The highest BCUT2D eigenvalue weighted by Gasteiger charge is 2.53. The Balaban J connectivity index is 1.32. The second-order valence-corrected chi connectivity index (χ2v) is 10.9. The van der Waals surface area contributed by atoms with Gasteiger partial charge in [-0.25, -0.2) is 9.69 Å². The third-order valence-corrected chi connectivity index (χ3v) is 8.52. The average Bonchev–Trinajstić information content (AvgIpc) is 3.65. The summed E-state index contributed by atoms with van der Waals surface area (Å²) in [6, 6.07) is 21.8. The Kier molecular flexibility index (Phi) is 5.54. The van der Waals surface area contributed by atoms with Gasteiger partial charge >= 0.3 is 6.03 Å². The molecule has 0 unspecified atom stereocenters. The van der Waals surface area contributed by atoms with Gasteiger partial charge in [0, 0.05) is 29.1 Å². The number of amides is 4. The number of para-hydroxylation sites is 2. The van der Waals surface area contributed by atoms with E-state index in [0.29, 0.717) is 17.7 Å². The molecule has 1 aliphatic carbocycles. The Morgan fingerprint density at radius 3 is 2.44 bits per heavy atom. The fraction of sp³-hybridized carbons (Fsp3) is 0.281. The quantitative estimate of drug-likeness (QED) is 0.343. The third-order valence-electron chi connectivity index (χ3n) is 8.52. The van der Waals surface area contributed by atoms with Crippen molar-refractivity contribution in [3.8, 4) is 0 Å². The highest BCUT2D eigenvalue weighted by atomic mass is 16.2. The lowest BCUT2D eigenvalue weighted by atomic mass is 9.88. The van der Waals surface area contributed by atoms with Gasteiger partial charge in [-0.15, -0.1) is 0 Å². The fourth-order valence-corrected chi connectivity index (χ4v) is 6.59. The summed E-state index contributed by atoms with van der Waals surface area (Å²) in [5.41, 5.74) is 5.74. The topological polar surface area (TPSA) is 85.5 Å². The minimum Gasteiger partial charge on any atom is -0.356 e. The number of fused-ring (bicyclic) bond motifs is 4. The van der Waals surface area contributed by atoms with Crippen LogP contribution in [0.4, 0.5) is 10.5 Å².